The zero-order valence-electron chi connectivity index (χ0n) is 70.1. The summed E-state index contributed by atoms with van der Waals surface area (Å²) in [5, 5.41) is 14.6. The van der Waals surface area contributed by atoms with Crippen molar-refractivity contribution in [1.29, 1.82) is 0 Å². The first kappa shape index (κ1) is 106. The number of ether oxygens (including phenoxy) is 5. The Hall–Kier alpha value is -7.44. The van der Waals surface area contributed by atoms with E-state index in [0.717, 1.165) is 19.3 Å². The molecule has 1 saturated carbocycles. The van der Waals surface area contributed by atoms with Crippen LogP contribution in [0.3, 0.4) is 0 Å². The molecule has 36 nitrogen and oxygen atoms in total. The summed E-state index contributed by atoms with van der Waals surface area (Å²) < 4.78 is 26.3. The number of carbonyl (C=O) groups is 18. The van der Waals surface area contributed by atoms with Gasteiger partial charge in [-0.3, -0.25) is 62.3 Å². The molecule has 0 aromatic rings. The van der Waals surface area contributed by atoms with Crippen LogP contribution < -0.4 is 38.1 Å². The average molecular weight is 1770 g/mol. The molecule has 0 radical (unpaired) electrons. The maximum atomic E-state index is 13.5. The lowest BCUT2D eigenvalue weighted by Crippen LogP contribution is -2.44. The minimum Gasteiger partial charge on any atom is -0.446 e. The number of nitrogens with one attached hydrogen (secondary N) is 5. The highest BCUT2D eigenvalue weighted by Gasteiger charge is 2.40. The average Bonchev–Trinajstić information content (AvgIpc) is 1.73. The number of rotatable bonds is 47. The van der Waals surface area contributed by atoms with Crippen LogP contribution in [0.2, 0.25) is 0 Å². The highest BCUT2D eigenvalue weighted by atomic mass is 33.2. The van der Waals surface area contributed by atoms with Crippen molar-refractivity contribution in [2.45, 2.75) is 263 Å². The van der Waals surface area contributed by atoms with E-state index in [-0.39, 0.29) is 202 Å². The molecule has 668 valence electrons. The van der Waals surface area contributed by atoms with Gasteiger partial charge in [0.05, 0.1) is 38.9 Å². The number of nitrogens with zero attached hydrogens (tertiary/aromatic N) is 5. The Morgan fingerprint density at radius 3 is 1.06 bits per heavy atom. The number of ketones is 3. The third-order valence-electron chi connectivity index (χ3n) is 16.5. The number of imide groups is 1. The molecule has 13 amide bonds. The number of hydrogen-bond acceptors (Lipinski definition) is 30. The first-order valence-corrected chi connectivity index (χ1v) is 46.4. The molecule has 5 aliphatic rings. The standard InChI is InChI=1S/C39H67N7O10S4.C33H49N5O14.C2H6.CH2S2.2H2/c1-38(2,3)55-36(53)43-20-15-30(49)45(22-17-26(47)12-8-7-9-13-27(32(40)51)34-57-58-34)24-25-46(31(50)16-21-44-37(54)56-39(4,5)6)23-18-29(48)42-19-11-10-14-28(33(41)52)35-59-60-35;1-32(2,3)50-30(47)34-15-11-23(41)36(17-13-27(45)49-29-21(39)7-8-22(29)40)19-20-37(24(42)12-16-35-31(48)51-33(4,5)6)18-14-28(46)52-38-25(43)9-10-26(38)44;1-2;1-2-3-1;;/h27-28,34-35H,7-25H2,1-6H3,(H2,40,51)(H2,41,52)(H,42,48)(H,43,53)(H,44,54);29H,7-20H2,1-6H3,(H,34,47)(H,35,48);1-2H3;1H2;2*1H/t27-,28-;;;;;/m0...../s1. The van der Waals surface area contributed by atoms with E-state index in [2.05, 4.69) is 26.6 Å². The van der Waals surface area contributed by atoms with Crippen molar-refractivity contribution in [2.75, 3.05) is 90.2 Å². The van der Waals surface area contributed by atoms with Gasteiger partial charge >= 0.3 is 36.3 Å². The maximum absolute atomic E-state index is 13.5. The fourth-order valence-corrected chi connectivity index (χ4v) is 14.4. The fraction of sp³-hybridized carbons (Fsp3) is 0.760. The van der Waals surface area contributed by atoms with Crippen LogP contribution in [0.5, 0.6) is 0 Å². The molecule has 4 saturated heterocycles. The molecule has 42 heteroatoms. The lowest BCUT2D eigenvalue weighted by atomic mass is 10.0. The van der Waals surface area contributed by atoms with Gasteiger partial charge in [0.25, 0.3) is 11.8 Å². The molecular formula is C75H128N12O24S6. The Labute approximate surface area is 712 Å². The van der Waals surface area contributed by atoms with Crippen molar-refractivity contribution in [3.8, 4) is 0 Å². The third-order valence-corrected chi connectivity index (χ3v) is 22.0. The van der Waals surface area contributed by atoms with Crippen LogP contribution in [0.4, 0.5) is 19.2 Å². The molecule has 5 fully saturated rings. The zero-order valence-corrected chi connectivity index (χ0v) is 75.0. The Morgan fingerprint density at radius 1 is 0.410 bits per heavy atom. The van der Waals surface area contributed by atoms with Gasteiger partial charge in [0.15, 0.2) is 11.6 Å². The first-order valence-electron chi connectivity index (χ1n) is 39.4. The molecule has 9 N–H and O–H groups in total. The van der Waals surface area contributed by atoms with E-state index in [1.165, 1.54) is 24.7 Å². The minimum absolute atomic E-state index is 0. The SMILES string of the molecule is C1SS1.CC.CC(C)(C)OC(=O)NCCC(=O)N(CCC(=O)CCCCC[C@@H](C(N)=O)C1SS1)CCN(CCC(=O)NCCCC[C@@H](C(N)=O)C1SS1)C(=O)CCNC(=O)OC(C)(C)C.CC(C)(C)OC(=O)NCCC(=O)N(CCC(=O)OC1C(=O)CCC1=O)CCN(CCC(=O)ON1C(=O)CCC1=O)C(=O)CCNC(=O)OC(C)(C)C.[HH].[HH]. The van der Waals surface area contributed by atoms with E-state index in [9.17, 15) is 86.3 Å². The van der Waals surface area contributed by atoms with Gasteiger partial charge < -0.3 is 86.2 Å². The van der Waals surface area contributed by atoms with Gasteiger partial charge in [0, 0.05) is 159 Å². The number of carbonyl (C=O) groups excluding carboxylic acids is 18. The van der Waals surface area contributed by atoms with Crippen molar-refractivity contribution >= 4 is 172 Å². The maximum Gasteiger partial charge on any atom is 0.407 e. The Kier molecular flexibility index (Phi) is 49.4. The number of hydrogen-bond donors (Lipinski definition) is 7. The van der Waals surface area contributed by atoms with Crippen LogP contribution >= 0.6 is 64.8 Å². The van der Waals surface area contributed by atoms with E-state index in [4.69, 9.17) is 40.0 Å². The van der Waals surface area contributed by atoms with Crippen LogP contribution in [0.15, 0.2) is 0 Å². The molecule has 5 rings (SSSR count). The van der Waals surface area contributed by atoms with Gasteiger partial charge in [-0.2, -0.15) is 0 Å². The van der Waals surface area contributed by atoms with Crippen molar-refractivity contribution in [3.63, 3.8) is 0 Å². The monoisotopic (exact) mass is 1770 g/mol. The summed E-state index contributed by atoms with van der Waals surface area (Å²) in [6.07, 6.45) is -0.961. The minimum atomic E-state index is -1.50. The summed E-state index contributed by atoms with van der Waals surface area (Å²) in [4.78, 5) is 234. The summed E-state index contributed by atoms with van der Waals surface area (Å²) in [5.74, 6) is -7.43. The molecular weight excluding hydrogens is 1650 g/mol. The molecule has 0 unspecified atom stereocenters. The molecule has 0 spiro atoms. The van der Waals surface area contributed by atoms with E-state index in [1.54, 1.807) is 126 Å². The van der Waals surface area contributed by atoms with E-state index >= 15 is 0 Å². The van der Waals surface area contributed by atoms with Crippen LogP contribution in [0, 0.1) is 11.8 Å². The topological polar surface area (TPSA) is 491 Å². The van der Waals surface area contributed by atoms with Gasteiger partial charge in [0.2, 0.25) is 47.5 Å². The van der Waals surface area contributed by atoms with E-state index < -0.39 is 113 Å². The number of unbranched alkanes of at least 4 members (excludes halogenated alkanes) is 3. The van der Waals surface area contributed by atoms with Gasteiger partial charge in [-0.15, -0.1) is 5.06 Å². The zero-order chi connectivity index (χ0) is 88.2. The quantitative estimate of drug-likeness (QED) is 0.00573. The van der Waals surface area contributed by atoms with Gasteiger partial charge in [-0.05, 0) is 109 Å². The summed E-state index contributed by atoms with van der Waals surface area (Å²) in [5.41, 5.74) is 8.05. The number of Topliss-reactive ketones (excluding diaryl/α,β-unsaturated/α-hetero) is 3. The van der Waals surface area contributed by atoms with Gasteiger partial charge in [-0.25, -0.2) is 24.0 Å². The number of alkyl carbamates (subject to hydrolysis) is 4. The summed E-state index contributed by atoms with van der Waals surface area (Å²) in [7, 11) is 10.4. The highest BCUT2D eigenvalue weighted by Crippen LogP contribution is 2.58. The Bertz CT molecular complexity index is 3110. The van der Waals surface area contributed by atoms with Crippen molar-refractivity contribution < 1.29 is 118 Å². The predicted molar refractivity (Wildman–Crippen MR) is 450 cm³/mol. The second-order valence-electron chi connectivity index (χ2n) is 31.1. The highest BCUT2D eigenvalue weighted by molar-refractivity contribution is 8.93. The number of esters is 1. The fourth-order valence-electron chi connectivity index (χ4n) is 10.6. The van der Waals surface area contributed by atoms with Crippen molar-refractivity contribution in [2.24, 2.45) is 23.3 Å². The summed E-state index contributed by atoms with van der Waals surface area (Å²) >= 11 is 0. The molecule has 0 aromatic heterocycles. The Balaban J connectivity index is 0.00000219. The van der Waals surface area contributed by atoms with Crippen LogP contribution in [0.1, 0.15) is 228 Å². The second kappa shape index (κ2) is 54.7. The largest absolute Gasteiger partial charge is 0.446 e. The normalized spacial score (nSPS) is 14.9. The van der Waals surface area contributed by atoms with Crippen molar-refractivity contribution in [1.82, 2.24) is 51.2 Å². The summed E-state index contributed by atoms with van der Waals surface area (Å²) in [6.45, 7) is 23.7. The number of hydroxylamine groups is 2. The van der Waals surface area contributed by atoms with Gasteiger partial charge in [0.1, 0.15) is 28.2 Å². The Morgan fingerprint density at radius 2 is 0.735 bits per heavy atom. The van der Waals surface area contributed by atoms with Crippen molar-refractivity contribution in [3.05, 3.63) is 0 Å². The number of primary amides is 2. The smallest absolute Gasteiger partial charge is 0.407 e. The van der Waals surface area contributed by atoms with E-state index in [1.807, 2.05) is 35.4 Å². The van der Waals surface area contributed by atoms with Crippen LogP contribution in [0.25, 0.3) is 0 Å². The lowest BCUT2D eigenvalue weighted by molar-refractivity contribution is -0.197. The van der Waals surface area contributed by atoms with E-state index in [0.29, 0.717) is 43.7 Å². The predicted octanol–water partition coefficient (Wildman–Crippen LogP) is 8.27. The van der Waals surface area contributed by atoms with Crippen LogP contribution in [-0.4, -0.2) is 259 Å². The first-order chi connectivity index (χ1) is 54.8. The lowest BCUT2D eigenvalue weighted by Gasteiger charge is -2.28. The molecule has 1 aliphatic carbocycles. The second-order valence-corrected chi connectivity index (χ2v) is 39.6. The van der Waals surface area contributed by atoms with Gasteiger partial charge in [-0.1, -0.05) is 97.9 Å². The summed E-state index contributed by atoms with van der Waals surface area (Å²) in [6, 6.07) is 0. The molecule has 2 atom stereocenters. The third kappa shape index (κ3) is 50.9. The molecule has 4 heterocycles. The molecule has 117 heavy (non-hydrogen) atoms. The number of nitrogens with two attached hydrogens (primary N) is 2. The molecule has 4 aliphatic heterocycles. The van der Waals surface area contributed by atoms with Crippen LogP contribution in [-0.2, 0) is 95.6 Å². The molecule has 0 bridgehead atoms. The number of amides is 13. The molecule has 0 aromatic carbocycles.